The second kappa shape index (κ2) is 4.73. The third kappa shape index (κ3) is 2.30. The van der Waals surface area contributed by atoms with Crippen LogP contribution < -0.4 is 4.90 Å². The zero-order chi connectivity index (χ0) is 12.3. The van der Waals surface area contributed by atoms with Crippen molar-refractivity contribution in [2.75, 3.05) is 11.4 Å². The summed E-state index contributed by atoms with van der Waals surface area (Å²) in [5.74, 6) is -0.183. The molecule has 2 rings (SSSR count). The number of amides is 1. The zero-order valence-corrected chi connectivity index (χ0v) is 9.71. The van der Waals surface area contributed by atoms with Crippen LogP contribution in [0, 0.1) is 6.92 Å². The molecule has 0 atom stereocenters. The summed E-state index contributed by atoms with van der Waals surface area (Å²) < 4.78 is 0. The Bertz CT molecular complexity index is 491. The molecule has 6 heteroatoms. The van der Waals surface area contributed by atoms with Crippen molar-refractivity contribution in [3.8, 4) is 0 Å². The number of H-pyrrole nitrogens is 1. The number of rotatable bonds is 3. The first-order valence-corrected chi connectivity index (χ1v) is 5.34. The molecule has 6 nitrogen and oxygen atoms in total. The number of carbonyl (C=O) groups is 1. The minimum Gasteiger partial charge on any atom is -0.306 e. The first-order chi connectivity index (χ1) is 8.22. The Morgan fingerprint density at radius 3 is 2.59 bits per heavy atom. The van der Waals surface area contributed by atoms with Crippen LogP contribution >= 0.6 is 0 Å². The van der Waals surface area contributed by atoms with Crippen molar-refractivity contribution in [1.29, 1.82) is 0 Å². The number of aryl methyl sites for hydroxylation is 1. The number of benzene rings is 1. The van der Waals surface area contributed by atoms with Crippen molar-refractivity contribution in [1.82, 2.24) is 20.6 Å². The summed E-state index contributed by atoms with van der Waals surface area (Å²) in [6.07, 6.45) is 0. The molecule has 0 unspecified atom stereocenters. The second-order valence-corrected chi connectivity index (χ2v) is 3.62. The maximum Gasteiger partial charge on any atom is 0.299 e. The van der Waals surface area contributed by atoms with Crippen molar-refractivity contribution in [2.45, 2.75) is 13.8 Å². The summed E-state index contributed by atoms with van der Waals surface area (Å²) in [4.78, 5) is 13.7. The molecule has 0 saturated carbocycles. The Morgan fingerprint density at radius 2 is 2.06 bits per heavy atom. The Morgan fingerprint density at radius 1 is 1.35 bits per heavy atom. The molecular formula is C11H13N5O. The summed E-state index contributed by atoms with van der Waals surface area (Å²) in [6.45, 7) is 4.45. The monoisotopic (exact) mass is 231 g/mol. The SMILES string of the molecule is CCN(C(=O)c1nn[nH]n1)c1ccc(C)cc1. The normalized spacial score (nSPS) is 10.2. The van der Waals surface area contributed by atoms with Gasteiger partial charge in [-0.25, -0.2) is 0 Å². The van der Waals surface area contributed by atoms with E-state index in [-0.39, 0.29) is 11.7 Å². The van der Waals surface area contributed by atoms with Gasteiger partial charge in [0.25, 0.3) is 11.7 Å². The third-order valence-electron chi connectivity index (χ3n) is 2.44. The summed E-state index contributed by atoms with van der Waals surface area (Å²) in [5, 5.41) is 13.0. The molecule has 0 spiro atoms. The summed E-state index contributed by atoms with van der Waals surface area (Å²) in [7, 11) is 0. The molecule has 2 aromatic rings. The number of tetrazole rings is 1. The molecule has 1 aromatic carbocycles. The number of aromatic amines is 1. The third-order valence-corrected chi connectivity index (χ3v) is 2.44. The van der Waals surface area contributed by atoms with E-state index in [2.05, 4.69) is 20.6 Å². The number of nitrogens with zero attached hydrogens (tertiary/aromatic N) is 4. The largest absolute Gasteiger partial charge is 0.306 e. The molecule has 88 valence electrons. The topological polar surface area (TPSA) is 74.8 Å². The van der Waals surface area contributed by atoms with Gasteiger partial charge >= 0.3 is 0 Å². The van der Waals surface area contributed by atoms with E-state index in [1.807, 2.05) is 38.1 Å². The van der Waals surface area contributed by atoms with Crippen molar-refractivity contribution in [3.05, 3.63) is 35.7 Å². The molecule has 1 amide bonds. The predicted molar refractivity (Wildman–Crippen MR) is 62.7 cm³/mol. The van der Waals surface area contributed by atoms with E-state index in [9.17, 15) is 4.79 Å². The van der Waals surface area contributed by atoms with Gasteiger partial charge in [-0.2, -0.15) is 5.21 Å². The number of hydrogen-bond acceptors (Lipinski definition) is 4. The fourth-order valence-corrected chi connectivity index (χ4v) is 1.54. The predicted octanol–water partition coefficient (Wildman–Crippen LogP) is 1.17. The molecule has 1 aromatic heterocycles. The van der Waals surface area contributed by atoms with Crippen LogP contribution in [0.5, 0.6) is 0 Å². The van der Waals surface area contributed by atoms with Crippen LogP contribution in [0.15, 0.2) is 24.3 Å². The van der Waals surface area contributed by atoms with Gasteiger partial charge in [0.2, 0.25) is 0 Å². The molecule has 0 saturated heterocycles. The number of hydrogen-bond donors (Lipinski definition) is 1. The van der Waals surface area contributed by atoms with Gasteiger partial charge < -0.3 is 4.90 Å². The number of carbonyl (C=O) groups excluding carboxylic acids is 1. The Hall–Kier alpha value is -2.24. The van der Waals surface area contributed by atoms with Crippen molar-refractivity contribution < 1.29 is 4.79 Å². The standard InChI is InChI=1S/C11H13N5O/c1-3-16(9-6-4-8(2)5-7-9)11(17)10-12-14-15-13-10/h4-7H,3H2,1-2H3,(H,12,13,14,15). The first kappa shape index (κ1) is 11.3. The lowest BCUT2D eigenvalue weighted by atomic mass is 10.2. The molecule has 0 fully saturated rings. The summed E-state index contributed by atoms with van der Waals surface area (Å²) in [5.41, 5.74) is 1.98. The van der Waals surface area contributed by atoms with Gasteiger partial charge in [-0.3, -0.25) is 4.79 Å². The highest BCUT2D eigenvalue weighted by Crippen LogP contribution is 2.16. The molecule has 0 aliphatic rings. The van der Waals surface area contributed by atoms with E-state index >= 15 is 0 Å². The molecule has 0 radical (unpaired) electrons. The zero-order valence-electron chi connectivity index (χ0n) is 9.71. The van der Waals surface area contributed by atoms with Crippen LogP contribution in [0.1, 0.15) is 23.1 Å². The van der Waals surface area contributed by atoms with Crippen LogP contribution in [-0.4, -0.2) is 33.1 Å². The van der Waals surface area contributed by atoms with Crippen LogP contribution in [0.25, 0.3) is 0 Å². The fourth-order valence-electron chi connectivity index (χ4n) is 1.54. The Kier molecular flexibility index (Phi) is 3.13. The highest BCUT2D eigenvalue weighted by atomic mass is 16.2. The number of aromatic nitrogens is 4. The Balaban J connectivity index is 2.28. The second-order valence-electron chi connectivity index (χ2n) is 3.62. The molecule has 17 heavy (non-hydrogen) atoms. The van der Waals surface area contributed by atoms with Crippen molar-refractivity contribution >= 4 is 11.6 Å². The van der Waals surface area contributed by atoms with Gasteiger partial charge in [-0.15, -0.1) is 10.2 Å². The lowest BCUT2D eigenvalue weighted by Crippen LogP contribution is -2.31. The van der Waals surface area contributed by atoms with Gasteiger partial charge in [0.05, 0.1) is 0 Å². The molecule has 1 N–H and O–H groups in total. The van der Waals surface area contributed by atoms with Gasteiger partial charge in [0.1, 0.15) is 0 Å². The van der Waals surface area contributed by atoms with E-state index in [4.69, 9.17) is 0 Å². The van der Waals surface area contributed by atoms with Crippen molar-refractivity contribution in [2.24, 2.45) is 0 Å². The molecule has 0 aliphatic carbocycles. The Labute approximate surface area is 98.6 Å². The maximum atomic E-state index is 12.1. The van der Waals surface area contributed by atoms with E-state index in [0.717, 1.165) is 11.3 Å². The molecule has 0 aliphatic heterocycles. The van der Waals surface area contributed by atoms with Crippen LogP contribution in [-0.2, 0) is 0 Å². The van der Waals surface area contributed by atoms with Crippen LogP contribution in [0.3, 0.4) is 0 Å². The highest BCUT2D eigenvalue weighted by Gasteiger charge is 2.19. The quantitative estimate of drug-likeness (QED) is 0.860. The fraction of sp³-hybridized carbons (Fsp3) is 0.273. The van der Waals surface area contributed by atoms with E-state index in [1.165, 1.54) is 0 Å². The smallest absolute Gasteiger partial charge is 0.299 e. The highest BCUT2D eigenvalue weighted by molar-refractivity contribution is 6.03. The molecule has 0 bridgehead atoms. The molecular weight excluding hydrogens is 218 g/mol. The van der Waals surface area contributed by atoms with E-state index < -0.39 is 0 Å². The van der Waals surface area contributed by atoms with E-state index in [0.29, 0.717) is 6.54 Å². The molecule has 1 heterocycles. The first-order valence-electron chi connectivity index (χ1n) is 5.34. The van der Waals surface area contributed by atoms with Gasteiger partial charge in [-0.1, -0.05) is 17.7 Å². The lowest BCUT2D eigenvalue weighted by molar-refractivity contribution is 0.0978. The van der Waals surface area contributed by atoms with Gasteiger partial charge in [0, 0.05) is 12.2 Å². The van der Waals surface area contributed by atoms with Crippen LogP contribution in [0.4, 0.5) is 5.69 Å². The summed E-state index contributed by atoms with van der Waals surface area (Å²) >= 11 is 0. The number of nitrogens with one attached hydrogen (secondary N) is 1. The number of anilines is 1. The van der Waals surface area contributed by atoms with Gasteiger partial charge in [-0.05, 0) is 31.2 Å². The minimum absolute atomic E-state index is 0.0763. The maximum absolute atomic E-state index is 12.1. The lowest BCUT2D eigenvalue weighted by Gasteiger charge is -2.19. The average Bonchev–Trinajstić information content (AvgIpc) is 2.86. The van der Waals surface area contributed by atoms with Crippen LogP contribution in [0.2, 0.25) is 0 Å². The van der Waals surface area contributed by atoms with E-state index in [1.54, 1.807) is 4.90 Å². The van der Waals surface area contributed by atoms with Crippen molar-refractivity contribution in [3.63, 3.8) is 0 Å². The average molecular weight is 231 g/mol. The van der Waals surface area contributed by atoms with Gasteiger partial charge in [0.15, 0.2) is 0 Å². The summed E-state index contributed by atoms with van der Waals surface area (Å²) in [6, 6.07) is 7.72. The minimum atomic E-state index is -0.259.